The van der Waals surface area contributed by atoms with Crippen LogP contribution >= 0.6 is 0 Å². The van der Waals surface area contributed by atoms with Gasteiger partial charge < -0.3 is 9.30 Å². The van der Waals surface area contributed by atoms with E-state index in [4.69, 9.17) is 4.74 Å². The molecule has 1 aromatic heterocycles. The molecular weight excluding hydrogens is 252 g/mol. The van der Waals surface area contributed by atoms with Gasteiger partial charge in [0.2, 0.25) is 0 Å². The number of ether oxygens (including phenoxy) is 1. The van der Waals surface area contributed by atoms with Crippen molar-refractivity contribution >= 4 is 17.0 Å². The summed E-state index contributed by atoms with van der Waals surface area (Å²) in [6.07, 6.45) is 2.57. The smallest absolute Gasteiger partial charge is 0.329 e. The molecule has 4 heteroatoms. The van der Waals surface area contributed by atoms with Gasteiger partial charge >= 0.3 is 5.97 Å². The van der Waals surface area contributed by atoms with E-state index >= 15 is 0 Å². The highest BCUT2D eigenvalue weighted by molar-refractivity contribution is 5.81. The molecule has 0 N–H and O–H groups in total. The third-order valence-electron chi connectivity index (χ3n) is 3.40. The first kappa shape index (κ1) is 14.6. The summed E-state index contributed by atoms with van der Waals surface area (Å²) in [5, 5.41) is 0. The van der Waals surface area contributed by atoms with Gasteiger partial charge in [0.05, 0.1) is 17.6 Å². The van der Waals surface area contributed by atoms with Gasteiger partial charge in [-0.05, 0) is 31.9 Å². The van der Waals surface area contributed by atoms with Gasteiger partial charge in [-0.1, -0.05) is 26.0 Å². The van der Waals surface area contributed by atoms with Gasteiger partial charge in [0.25, 0.3) is 0 Å². The molecule has 0 amide bonds. The van der Waals surface area contributed by atoms with E-state index in [9.17, 15) is 4.79 Å². The average Bonchev–Trinajstić information content (AvgIpc) is 2.79. The molecule has 2 rings (SSSR count). The van der Waals surface area contributed by atoms with Crippen LogP contribution in [0.25, 0.3) is 11.0 Å². The van der Waals surface area contributed by atoms with E-state index in [0.29, 0.717) is 13.0 Å². The molecule has 0 saturated carbocycles. The molecule has 108 valence electrons. The zero-order chi connectivity index (χ0) is 14.5. The zero-order valence-corrected chi connectivity index (χ0v) is 12.4. The fourth-order valence-electron chi connectivity index (χ4n) is 2.54. The Morgan fingerprint density at radius 3 is 2.70 bits per heavy atom. The van der Waals surface area contributed by atoms with Crippen LogP contribution in [-0.2, 0) is 16.0 Å². The van der Waals surface area contributed by atoms with Crippen molar-refractivity contribution in [2.45, 2.75) is 46.1 Å². The second-order valence-corrected chi connectivity index (χ2v) is 4.81. The van der Waals surface area contributed by atoms with Crippen LogP contribution in [0.15, 0.2) is 24.3 Å². The Morgan fingerprint density at radius 2 is 2.05 bits per heavy atom. The van der Waals surface area contributed by atoms with Crippen molar-refractivity contribution in [3.63, 3.8) is 0 Å². The lowest BCUT2D eigenvalue weighted by Crippen LogP contribution is -2.23. The van der Waals surface area contributed by atoms with Crippen LogP contribution in [-0.4, -0.2) is 22.1 Å². The Hall–Kier alpha value is -1.84. The number of carbonyl (C=O) groups is 1. The van der Waals surface area contributed by atoms with Crippen LogP contribution in [0.1, 0.15) is 45.5 Å². The first-order valence-corrected chi connectivity index (χ1v) is 7.35. The van der Waals surface area contributed by atoms with E-state index in [-0.39, 0.29) is 12.0 Å². The first-order valence-electron chi connectivity index (χ1n) is 7.35. The molecule has 0 spiro atoms. The monoisotopic (exact) mass is 274 g/mol. The summed E-state index contributed by atoms with van der Waals surface area (Å²) in [6.45, 7) is 6.37. The standard InChI is InChI=1S/C16H22N2O2/c1-4-9-15-17-12-10-7-8-11-14(12)18(15)13(5-2)16(19)20-6-3/h7-8,10-11,13H,4-6,9H2,1-3H3. The van der Waals surface area contributed by atoms with E-state index in [1.54, 1.807) is 0 Å². The van der Waals surface area contributed by atoms with Crippen LogP contribution in [0.4, 0.5) is 0 Å². The van der Waals surface area contributed by atoms with Crippen molar-refractivity contribution in [2.75, 3.05) is 6.61 Å². The summed E-state index contributed by atoms with van der Waals surface area (Å²) < 4.78 is 7.27. The Bertz CT molecular complexity index is 589. The number of rotatable bonds is 6. The molecule has 1 heterocycles. The van der Waals surface area contributed by atoms with Crippen LogP contribution in [0.2, 0.25) is 0 Å². The molecule has 0 bridgehead atoms. The van der Waals surface area contributed by atoms with E-state index < -0.39 is 0 Å². The number of esters is 1. The summed E-state index contributed by atoms with van der Waals surface area (Å²) in [6, 6.07) is 7.67. The van der Waals surface area contributed by atoms with Crippen LogP contribution in [0.3, 0.4) is 0 Å². The van der Waals surface area contributed by atoms with Crippen molar-refractivity contribution in [1.82, 2.24) is 9.55 Å². The predicted molar refractivity (Wildman–Crippen MR) is 79.7 cm³/mol. The first-order chi connectivity index (χ1) is 9.72. The molecule has 2 aromatic rings. The highest BCUT2D eigenvalue weighted by Crippen LogP contribution is 2.25. The molecule has 0 saturated heterocycles. The second-order valence-electron chi connectivity index (χ2n) is 4.81. The molecule has 0 aliphatic heterocycles. The Kier molecular flexibility index (Phi) is 4.77. The van der Waals surface area contributed by atoms with Crippen molar-refractivity contribution in [3.05, 3.63) is 30.1 Å². The minimum atomic E-state index is -0.288. The van der Waals surface area contributed by atoms with Gasteiger partial charge in [-0.25, -0.2) is 9.78 Å². The van der Waals surface area contributed by atoms with Crippen LogP contribution in [0.5, 0.6) is 0 Å². The fourth-order valence-corrected chi connectivity index (χ4v) is 2.54. The molecule has 1 aromatic carbocycles. The SMILES string of the molecule is CCCc1nc2ccccc2n1C(CC)C(=O)OCC. The third-order valence-corrected chi connectivity index (χ3v) is 3.40. The lowest BCUT2D eigenvalue weighted by Gasteiger charge is -2.18. The molecule has 1 unspecified atom stereocenters. The quantitative estimate of drug-likeness (QED) is 0.757. The number of hydrogen-bond acceptors (Lipinski definition) is 3. The molecular formula is C16H22N2O2. The highest BCUT2D eigenvalue weighted by Gasteiger charge is 2.24. The van der Waals surface area contributed by atoms with Gasteiger partial charge in [0, 0.05) is 6.42 Å². The molecule has 0 radical (unpaired) electrons. The van der Waals surface area contributed by atoms with E-state index in [1.807, 2.05) is 38.1 Å². The van der Waals surface area contributed by atoms with Gasteiger partial charge in [-0.2, -0.15) is 0 Å². The van der Waals surface area contributed by atoms with Gasteiger partial charge in [0.15, 0.2) is 0 Å². The number of imidazole rings is 1. The Balaban J connectivity index is 2.53. The van der Waals surface area contributed by atoms with Crippen molar-refractivity contribution in [3.8, 4) is 0 Å². The summed E-state index contributed by atoms with van der Waals surface area (Å²) >= 11 is 0. The number of fused-ring (bicyclic) bond motifs is 1. The Morgan fingerprint density at radius 1 is 1.30 bits per heavy atom. The Labute approximate surface area is 119 Å². The summed E-state index contributed by atoms with van der Waals surface area (Å²) in [5.41, 5.74) is 1.95. The number of aryl methyl sites for hydroxylation is 1. The van der Waals surface area contributed by atoms with Crippen LogP contribution in [0, 0.1) is 0 Å². The van der Waals surface area contributed by atoms with E-state index in [0.717, 1.165) is 29.7 Å². The number of nitrogens with zero attached hydrogens (tertiary/aromatic N) is 2. The average molecular weight is 274 g/mol. The van der Waals surface area contributed by atoms with Crippen LogP contribution < -0.4 is 0 Å². The van der Waals surface area contributed by atoms with Gasteiger partial charge in [-0.15, -0.1) is 0 Å². The maximum Gasteiger partial charge on any atom is 0.329 e. The third kappa shape index (κ3) is 2.69. The zero-order valence-electron chi connectivity index (χ0n) is 12.4. The number of benzene rings is 1. The number of carbonyl (C=O) groups excluding carboxylic acids is 1. The largest absolute Gasteiger partial charge is 0.464 e. The molecule has 1 atom stereocenters. The molecule has 20 heavy (non-hydrogen) atoms. The van der Waals surface area contributed by atoms with Crippen molar-refractivity contribution in [2.24, 2.45) is 0 Å². The van der Waals surface area contributed by atoms with E-state index in [1.165, 1.54) is 0 Å². The number of hydrogen-bond donors (Lipinski definition) is 0. The fraction of sp³-hybridized carbons (Fsp3) is 0.500. The normalized spacial score (nSPS) is 12.6. The predicted octanol–water partition coefficient (Wildman–Crippen LogP) is 3.50. The summed E-state index contributed by atoms with van der Waals surface area (Å²) in [4.78, 5) is 16.9. The number of para-hydroxylation sites is 2. The summed E-state index contributed by atoms with van der Waals surface area (Å²) in [7, 11) is 0. The minimum absolute atomic E-state index is 0.171. The molecule has 4 nitrogen and oxygen atoms in total. The minimum Gasteiger partial charge on any atom is -0.464 e. The maximum atomic E-state index is 12.2. The topological polar surface area (TPSA) is 44.1 Å². The number of aromatic nitrogens is 2. The van der Waals surface area contributed by atoms with Crippen molar-refractivity contribution in [1.29, 1.82) is 0 Å². The van der Waals surface area contributed by atoms with E-state index in [2.05, 4.69) is 16.5 Å². The van der Waals surface area contributed by atoms with Gasteiger partial charge in [0.1, 0.15) is 11.9 Å². The van der Waals surface area contributed by atoms with Gasteiger partial charge in [-0.3, -0.25) is 0 Å². The molecule has 0 aliphatic carbocycles. The lowest BCUT2D eigenvalue weighted by atomic mass is 10.2. The summed E-state index contributed by atoms with van der Waals surface area (Å²) in [5.74, 6) is 0.795. The molecule has 0 aliphatic rings. The second kappa shape index (κ2) is 6.55. The lowest BCUT2D eigenvalue weighted by molar-refractivity contribution is -0.147. The maximum absolute atomic E-state index is 12.2. The highest BCUT2D eigenvalue weighted by atomic mass is 16.5. The molecule has 0 fully saturated rings. The van der Waals surface area contributed by atoms with Crippen molar-refractivity contribution < 1.29 is 9.53 Å².